The summed E-state index contributed by atoms with van der Waals surface area (Å²) in [6.07, 6.45) is 10.8. The molecule has 0 amide bonds. The Morgan fingerprint density at radius 2 is 1.79 bits per heavy atom. The van der Waals surface area contributed by atoms with Gasteiger partial charge in [-0.3, -0.25) is 4.31 Å². The highest BCUT2D eigenvalue weighted by Gasteiger charge is 2.25. The van der Waals surface area contributed by atoms with Gasteiger partial charge in [0.1, 0.15) is 12.0 Å². The molecule has 0 saturated carbocycles. The largest absolute Gasteiger partial charge is 0.381 e. The third kappa shape index (κ3) is 3.32. The van der Waals surface area contributed by atoms with Crippen molar-refractivity contribution in [3.63, 3.8) is 0 Å². The fraction of sp³-hybridized carbons (Fsp3) is 0.667. The van der Waals surface area contributed by atoms with Crippen molar-refractivity contribution in [1.82, 2.24) is 19.3 Å². The Morgan fingerprint density at radius 1 is 1.04 bits per heavy atom. The highest BCUT2D eigenvalue weighted by molar-refractivity contribution is 7.77. The molecule has 4 heterocycles. The summed E-state index contributed by atoms with van der Waals surface area (Å²) in [6.45, 7) is 3.85. The number of rotatable bonds is 2. The number of nitrogens with zero attached hydrogens (tertiary/aromatic N) is 3. The molecule has 0 aromatic carbocycles. The minimum Gasteiger partial charge on any atom is -0.381 e. The maximum Gasteiger partial charge on any atom is 0.141 e. The molecule has 2 aliphatic heterocycles. The first-order valence-electron chi connectivity index (χ1n) is 9.16. The van der Waals surface area contributed by atoms with Crippen molar-refractivity contribution in [3.05, 3.63) is 23.8 Å². The lowest BCUT2D eigenvalue weighted by atomic mass is 9.86. The van der Waals surface area contributed by atoms with E-state index in [1.807, 2.05) is 0 Å². The van der Waals surface area contributed by atoms with Crippen molar-refractivity contribution in [2.24, 2.45) is 0 Å². The molecule has 0 unspecified atom stereocenters. The number of ether oxygens (including phenoxy) is 1. The molecule has 5 nitrogen and oxygen atoms in total. The molecule has 0 bridgehead atoms. The van der Waals surface area contributed by atoms with Crippen LogP contribution in [0.2, 0.25) is 0 Å². The molecule has 0 atom stereocenters. The van der Waals surface area contributed by atoms with Crippen LogP contribution in [0.25, 0.3) is 11.0 Å². The summed E-state index contributed by atoms with van der Waals surface area (Å²) in [5, 5.41) is 1.29. The van der Waals surface area contributed by atoms with E-state index in [-0.39, 0.29) is 0 Å². The number of hydrogen-bond acceptors (Lipinski definition) is 5. The molecule has 2 aromatic heterocycles. The van der Waals surface area contributed by atoms with Gasteiger partial charge in [0.05, 0.1) is 5.69 Å². The second-order valence-electron chi connectivity index (χ2n) is 7.05. The number of hydrogen-bond donors (Lipinski definition) is 2. The van der Waals surface area contributed by atoms with E-state index < -0.39 is 0 Å². The molecule has 1 N–H and O–H groups in total. The van der Waals surface area contributed by atoms with Gasteiger partial charge in [0.15, 0.2) is 0 Å². The Balaban J connectivity index is 1.68. The second-order valence-corrected chi connectivity index (χ2v) is 7.61. The zero-order valence-electron chi connectivity index (χ0n) is 14.1. The van der Waals surface area contributed by atoms with Gasteiger partial charge in [0.2, 0.25) is 0 Å². The molecule has 24 heavy (non-hydrogen) atoms. The number of aromatic nitrogens is 3. The van der Waals surface area contributed by atoms with Gasteiger partial charge in [-0.25, -0.2) is 9.97 Å². The van der Waals surface area contributed by atoms with Crippen LogP contribution in [0.15, 0.2) is 12.5 Å². The summed E-state index contributed by atoms with van der Waals surface area (Å²) in [7, 11) is 0. The zero-order chi connectivity index (χ0) is 16.4. The predicted molar refractivity (Wildman–Crippen MR) is 98.5 cm³/mol. The van der Waals surface area contributed by atoms with E-state index in [0.29, 0.717) is 11.8 Å². The molecule has 4 rings (SSSR count). The molecule has 2 aliphatic rings. The first-order chi connectivity index (χ1) is 11.8. The number of H-pyrrole nitrogens is 1. The predicted octanol–water partition coefficient (Wildman–Crippen LogP) is 3.66. The topological polar surface area (TPSA) is 54.0 Å². The Morgan fingerprint density at radius 3 is 2.54 bits per heavy atom. The third-order valence-electron chi connectivity index (χ3n) is 5.52. The van der Waals surface area contributed by atoms with Gasteiger partial charge in [-0.15, -0.1) is 0 Å². The Hall–Kier alpha value is -1.11. The molecule has 2 saturated heterocycles. The van der Waals surface area contributed by atoms with Gasteiger partial charge in [-0.05, 0) is 50.0 Å². The van der Waals surface area contributed by atoms with Crippen molar-refractivity contribution in [2.75, 3.05) is 26.3 Å². The lowest BCUT2D eigenvalue weighted by Crippen LogP contribution is -2.20. The molecule has 130 valence electrons. The maximum atomic E-state index is 5.54. The van der Waals surface area contributed by atoms with Crippen LogP contribution in [-0.4, -0.2) is 45.6 Å². The van der Waals surface area contributed by atoms with Crippen LogP contribution in [-0.2, 0) is 4.74 Å². The van der Waals surface area contributed by atoms with Crippen LogP contribution < -0.4 is 0 Å². The molecule has 2 fully saturated rings. The quantitative estimate of drug-likeness (QED) is 0.815. The van der Waals surface area contributed by atoms with E-state index in [2.05, 4.69) is 33.3 Å². The average Bonchev–Trinajstić information content (AvgIpc) is 3.03. The molecular weight excluding hydrogens is 320 g/mol. The third-order valence-corrected chi connectivity index (χ3v) is 5.92. The molecule has 6 heteroatoms. The first-order valence-corrected chi connectivity index (χ1v) is 9.56. The summed E-state index contributed by atoms with van der Waals surface area (Å²) >= 11 is 4.52. The Kier molecular flexibility index (Phi) is 5.06. The van der Waals surface area contributed by atoms with Crippen LogP contribution in [0, 0.1) is 0 Å². The standard InChI is InChI=1S/C18H26N4OS/c24-22-7-1-3-14(4-2-8-22)17-16-15(13-5-9-23-10-6-13)11-19-18(16)21-12-20-17/h11-14,24H,1-10H2,(H,19,20,21). The van der Waals surface area contributed by atoms with Gasteiger partial charge in [0.25, 0.3) is 0 Å². The molecule has 2 aromatic rings. The second kappa shape index (κ2) is 7.42. The molecule has 0 spiro atoms. The average molecular weight is 347 g/mol. The number of aromatic amines is 1. The summed E-state index contributed by atoms with van der Waals surface area (Å²) < 4.78 is 7.69. The van der Waals surface area contributed by atoms with E-state index >= 15 is 0 Å². The smallest absolute Gasteiger partial charge is 0.141 e. The maximum absolute atomic E-state index is 5.54. The zero-order valence-corrected chi connectivity index (χ0v) is 15.0. The van der Waals surface area contributed by atoms with E-state index in [9.17, 15) is 0 Å². The van der Waals surface area contributed by atoms with Gasteiger partial charge in [-0.2, -0.15) is 0 Å². The Labute approximate surface area is 148 Å². The summed E-state index contributed by atoms with van der Waals surface area (Å²) in [5.74, 6) is 1.10. The lowest BCUT2D eigenvalue weighted by Gasteiger charge is -2.25. The van der Waals surface area contributed by atoms with Crippen molar-refractivity contribution in [1.29, 1.82) is 0 Å². The minimum atomic E-state index is 0.534. The van der Waals surface area contributed by atoms with Crippen LogP contribution in [0.4, 0.5) is 0 Å². The molecular formula is C18H26N4OS. The summed E-state index contributed by atoms with van der Waals surface area (Å²) in [5.41, 5.74) is 3.66. The highest BCUT2D eigenvalue weighted by Crippen LogP contribution is 2.37. The number of thiol groups is 1. The van der Waals surface area contributed by atoms with Gasteiger partial charge in [-0.1, -0.05) is 12.8 Å². The molecule has 0 aliphatic carbocycles. The summed E-state index contributed by atoms with van der Waals surface area (Å²) in [6, 6.07) is 0. The Bertz CT molecular complexity index is 673. The monoisotopic (exact) mass is 346 g/mol. The SMILES string of the molecule is SN1CCCC(c2ncnc3[nH]cc(C4CCOCC4)c23)CCC1. The van der Waals surface area contributed by atoms with Gasteiger partial charge >= 0.3 is 0 Å². The van der Waals surface area contributed by atoms with Crippen LogP contribution >= 0.6 is 12.8 Å². The highest BCUT2D eigenvalue weighted by atomic mass is 32.1. The minimum absolute atomic E-state index is 0.534. The van der Waals surface area contributed by atoms with Crippen molar-refractivity contribution < 1.29 is 4.74 Å². The summed E-state index contributed by atoms with van der Waals surface area (Å²) in [4.78, 5) is 12.6. The van der Waals surface area contributed by atoms with Gasteiger partial charge < -0.3 is 9.72 Å². The fourth-order valence-corrected chi connectivity index (χ4v) is 4.50. The van der Waals surface area contributed by atoms with Crippen molar-refractivity contribution in [2.45, 2.75) is 50.4 Å². The van der Waals surface area contributed by atoms with Crippen LogP contribution in [0.5, 0.6) is 0 Å². The first kappa shape index (κ1) is 16.4. The van der Waals surface area contributed by atoms with E-state index in [1.54, 1.807) is 6.33 Å². The van der Waals surface area contributed by atoms with E-state index in [1.165, 1.54) is 42.3 Å². The number of fused-ring (bicyclic) bond motifs is 1. The fourth-order valence-electron chi connectivity index (χ4n) is 4.22. The molecule has 0 radical (unpaired) electrons. The van der Waals surface area contributed by atoms with Gasteiger partial charge in [0, 0.05) is 43.8 Å². The lowest BCUT2D eigenvalue weighted by molar-refractivity contribution is 0.0856. The van der Waals surface area contributed by atoms with Crippen molar-refractivity contribution >= 4 is 23.8 Å². The van der Waals surface area contributed by atoms with E-state index in [4.69, 9.17) is 9.72 Å². The van der Waals surface area contributed by atoms with Crippen molar-refractivity contribution in [3.8, 4) is 0 Å². The number of nitrogens with one attached hydrogen (secondary N) is 1. The normalized spacial score (nSPS) is 22.5. The van der Waals surface area contributed by atoms with E-state index in [0.717, 1.165) is 44.8 Å². The van der Waals surface area contributed by atoms with Crippen LogP contribution in [0.3, 0.4) is 0 Å². The van der Waals surface area contributed by atoms with Crippen LogP contribution in [0.1, 0.15) is 61.6 Å².